The van der Waals surface area contributed by atoms with Crippen molar-refractivity contribution >= 4 is 21.4 Å². The lowest BCUT2D eigenvalue weighted by molar-refractivity contribution is 0.159. The molecule has 33 heavy (non-hydrogen) atoms. The number of sulfone groups is 1. The Hall–Kier alpha value is -2.15. The maximum Gasteiger partial charge on any atom is 0.185 e. The number of aliphatic hydroxyl groups is 1. The SMILES string of the molecule is CC(C)(CO)S(=O)(=O)c1ccc(OCC2CN(CCc3cc(Cl)cc(C#N)c3)CCN2)cc1. The lowest BCUT2D eigenvalue weighted by atomic mass is 10.1. The first-order valence-corrected chi connectivity index (χ1v) is 12.7. The molecule has 1 aliphatic rings. The molecule has 2 aromatic rings. The van der Waals surface area contributed by atoms with Crippen molar-refractivity contribution in [2.45, 2.75) is 36.0 Å². The molecule has 9 heteroatoms. The molecule has 1 fully saturated rings. The second-order valence-corrected chi connectivity index (χ2v) is 11.9. The first kappa shape index (κ1) is 25.5. The zero-order valence-corrected chi connectivity index (χ0v) is 20.5. The number of nitrogens with one attached hydrogen (secondary N) is 1. The van der Waals surface area contributed by atoms with Crippen molar-refractivity contribution in [3.05, 3.63) is 58.6 Å². The monoisotopic (exact) mass is 491 g/mol. The van der Waals surface area contributed by atoms with Gasteiger partial charge in [-0.25, -0.2) is 8.42 Å². The van der Waals surface area contributed by atoms with Crippen LogP contribution in [0.5, 0.6) is 5.75 Å². The van der Waals surface area contributed by atoms with Crippen LogP contribution in [0.25, 0.3) is 0 Å². The smallest absolute Gasteiger partial charge is 0.185 e. The van der Waals surface area contributed by atoms with E-state index in [1.54, 1.807) is 18.2 Å². The summed E-state index contributed by atoms with van der Waals surface area (Å²) in [4.78, 5) is 2.51. The average Bonchev–Trinajstić information content (AvgIpc) is 2.81. The van der Waals surface area contributed by atoms with E-state index >= 15 is 0 Å². The van der Waals surface area contributed by atoms with E-state index in [2.05, 4.69) is 16.3 Å². The highest BCUT2D eigenvalue weighted by Crippen LogP contribution is 2.26. The Kier molecular flexibility index (Phi) is 8.38. The first-order chi connectivity index (χ1) is 15.6. The van der Waals surface area contributed by atoms with Crippen LogP contribution in [0.15, 0.2) is 47.4 Å². The van der Waals surface area contributed by atoms with Gasteiger partial charge >= 0.3 is 0 Å². The summed E-state index contributed by atoms with van der Waals surface area (Å²) in [6.45, 7) is 6.47. The maximum atomic E-state index is 12.6. The van der Waals surface area contributed by atoms with Crippen LogP contribution in [0.4, 0.5) is 0 Å². The van der Waals surface area contributed by atoms with Gasteiger partial charge in [-0.2, -0.15) is 5.26 Å². The number of nitrogens with zero attached hydrogens (tertiary/aromatic N) is 2. The number of halogens is 1. The molecule has 7 nitrogen and oxygen atoms in total. The molecule has 1 saturated heterocycles. The third-order valence-corrected chi connectivity index (χ3v) is 8.53. The lowest BCUT2D eigenvalue weighted by Gasteiger charge is -2.33. The number of rotatable bonds is 9. The van der Waals surface area contributed by atoms with E-state index < -0.39 is 21.2 Å². The van der Waals surface area contributed by atoms with Crippen LogP contribution in [0.2, 0.25) is 5.02 Å². The molecule has 1 heterocycles. The molecule has 2 N–H and O–H groups in total. The Balaban J connectivity index is 1.52. The summed E-state index contributed by atoms with van der Waals surface area (Å²) in [6, 6.07) is 14.0. The Morgan fingerprint density at radius 1 is 1.27 bits per heavy atom. The fourth-order valence-electron chi connectivity index (χ4n) is 3.67. The van der Waals surface area contributed by atoms with Crippen LogP contribution in [0.1, 0.15) is 25.0 Å². The Morgan fingerprint density at radius 2 is 2.00 bits per heavy atom. The molecule has 178 valence electrons. The molecule has 0 spiro atoms. The van der Waals surface area contributed by atoms with Crippen LogP contribution < -0.4 is 10.1 Å². The zero-order chi connectivity index (χ0) is 24.1. The summed E-state index contributed by atoms with van der Waals surface area (Å²) in [7, 11) is -3.64. The summed E-state index contributed by atoms with van der Waals surface area (Å²) in [6.07, 6.45) is 0.808. The molecule has 1 atom stereocenters. The van der Waals surface area contributed by atoms with Gasteiger partial charge in [-0.1, -0.05) is 11.6 Å². The van der Waals surface area contributed by atoms with E-state index in [-0.39, 0.29) is 10.9 Å². The van der Waals surface area contributed by atoms with Gasteiger partial charge in [0, 0.05) is 31.2 Å². The summed E-state index contributed by atoms with van der Waals surface area (Å²) in [5, 5.41) is 22.5. The molecule has 1 unspecified atom stereocenters. The molecule has 0 saturated carbocycles. The predicted octanol–water partition coefficient (Wildman–Crippen LogP) is 2.65. The third kappa shape index (κ3) is 6.46. The van der Waals surface area contributed by atoms with E-state index in [0.717, 1.165) is 38.2 Å². The van der Waals surface area contributed by atoms with Gasteiger partial charge in [0.15, 0.2) is 9.84 Å². The molecule has 0 bridgehead atoms. The standard InChI is InChI=1S/C24H30ClN3O4S/c1-24(2,17-29)33(30,31)23-5-3-22(4-6-23)32-16-21-15-28(10-8-27-21)9-7-18-11-19(14-26)13-20(25)12-18/h3-6,11-13,21,27,29H,7-10,15-17H2,1-2H3. The number of ether oxygens (including phenoxy) is 1. The molecular formula is C24H30ClN3O4S. The normalized spacial score (nSPS) is 17.5. The molecule has 0 amide bonds. The van der Waals surface area contributed by atoms with Gasteiger partial charge < -0.3 is 20.1 Å². The highest BCUT2D eigenvalue weighted by Gasteiger charge is 2.35. The summed E-state index contributed by atoms with van der Waals surface area (Å²) in [5.41, 5.74) is 1.62. The van der Waals surface area contributed by atoms with Gasteiger partial charge in [0.1, 0.15) is 12.4 Å². The Morgan fingerprint density at radius 3 is 2.67 bits per heavy atom. The lowest BCUT2D eigenvalue weighted by Crippen LogP contribution is -2.53. The Bertz CT molecular complexity index is 1100. The number of hydrogen-bond donors (Lipinski definition) is 2. The number of hydrogen-bond acceptors (Lipinski definition) is 7. The van der Waals surface area contributed by atoms with Crippen LogP contribution in [0, 0.1) is 11.3 Å². The first-order valence-electron chi connectivity index (χ1n) is 10.9. The minimum atomic E-state index is -3.64. The molecule has 0 aliphatic carbocycles. The minimum Gasteiger partial charge on any atom is -0.492 e. The van der Waals surface area contributed by atoms with Crippen molar-refractivity contribution in [3.63, 3.8) is 0 Å². The van der Waals surface area contributed by atoms with Crippen LogP contribution in [-0.2, 0) is 16.3 Å². The van der Waals surface area contributed by atoms with Gasteiger partial charge in [0.25, 0.3) is 0 Å². The summed E-state index contributed by atoms with van der Waals surface area (Å²) in [5.74, 6) is 0.595. The van der Waals surface area contributed by atoms with Crippen molar-refractivity contribution in [1.82, 2.24) is 10.2 Å². The number of benzene rings is 2. The van der Waals surface area contributed by atoms with Gasteiger partial charge in [0.2, 0.25) is 0 Å². The third-order valence-electron chi connectivity index (χ3n) is 5.84. The molecule has 1 aliphatic heterocycles. The topological polar surface area (TPSA) is 103 Å². The van der Waals surface area contributed by atoms with Gasteiger partial charge in [-0.3, -0.25) is 0 Å². The second kappa shape index (κ2) is 10.9. The van der Waals surface area contributed by atoms with Crippen molar-refractivity contribution in [2.75, 3.05) is 39.4 Å². The van der Waals surface area contributed by atoms with Crippen LogP contribution in [0.3, 0.4) is 0 Å². The highest BCUT2D eigenvalue weighted by atomic mass is 35.5. The molecule has 3 rings (SSSR count). The highest BCUT2D eigenvalue weighted by molar-refractivity contribution is 7.92. The number of piperazine rings is 1. The average molecular weight is 492 g/mol. The summed E-state index contributed by atoms with van der Waals surface area (Å²) < 4.78 is 29.9. The predicted molar refractivity (Wildman–Crippen MR) is 128 cm³/mol. The van der Waals surface area contributed by atoms with E-state index in [0.29, 0.717) is 22.9 Å². The maximum absolute atomic E-state index is 12.6. The van der Waals surface area contributed by atoms with Crippen LogP contribution in [-0.4, -0.2) is 68.6 Å². The molecule has 0 aromatic heterocycles. The second-order valence-electron chi connectivity index (χ2n) is 8.87. The zero-order valence-electron chi connectivity index (χ0n) is 18.9. The molecular weight excluding hydrogens is 462 g/mol. The largest absolute Gasteiger partial charge is 0.492 e. The van der Waals surface area contributed by atoms with Gasteiger partial charge in [-0.05, 0) is 68.3 Å². The number of nitriles is 1. The van der Waals surface area contributed by atoms with Crippen molar-refractivity contribution < 1.29 is 18.3 Å². The number of aliphatic hydroxyl groups excluding tert-OH is 1. The van der Waals surface area contributed by atoms with Crippen molar-refractivity contribution in [2.24, 2.45) is 0 Å². The minimum absolute atomic E-state index is 0.143. The summed E-state index contributed by atoms with van der Waals surface area (Å²) >= 11 is 6.10. The van der Waals surface area contributed by atoms with E-state index in [1.165, 1.54) is 26.0 Å². The van der Waals surface area contributed by atoms with Crippen molar-refractivity contribution in [1.29, 1.82) is 5.26 Å². The molecule has 2 aromatic carbocycles. The quantitative estimate of drug-likeness (QED) is 0.555. The van der Waals surface area contributed by atoms with Gasteiger partial charge in [-0.15, -0.1) is 0 Å². The molecule has 0 radical (unpaired) electrons. The fourth-order valence-corrected chi connectivity index (χ4v) is 5.23. The van der Waals surface area contributed by atoms with Gasteiger partial charge in [0.05, 0.1) is 33.9 Å². The van der Waals surface area contributed by atoms with Crippen molar-refractivity contribution in [3.8, 4) is 11.8 Å². The van der Waals surface area contributed by atoms with E-state index in [1.807, 2.05) is 12.1 Å². The Labute approximate surface area is 200 Å². The van der Waals surface area contributed by atoms with E-state index in [9.17, 15) is 13.5 Å². The van der Waals surface area contributed by atoms with Crippen LogP contribution >= 0.6 is 11.6 Å². The van der Waals surface area contributed by atoms with E-state index in [4.69, 9.17) is 21.6 Å². The fraction of sp³-hybridized carbons (Fsp3) is 0.458.